The van der Waals surface area contributed by atoms with Crippen molar-refractivity contribution in [3.63, 3.8) is 0 Å². The predicted octanol–water partition coefficient (Wildman–Crippen LogP) is 3.86. The van der Waals surface area contributed by atoms with Gasteiger partial charge in [0.1, 0.15) is 12.4 Å². The number of carbonyl (C=O) groups excluding carboxylic acids is 3. The van der Waals surface area contributed by atoms with E-state index < -0.39 is 5.54 Å². The summed E-state index contributed by atoms with van der Waals surface area (Å²) in [4.78, 5) is 44.0. The van der Waals surface area contributed by atoms with E-state index in [2.05, 4.69) is 58.4 Å². The number of amides is 3. The van der Waals surface area contributed by atoms with E-state index in [1.165, 1.54) is 0 Å². The average Bonchev–Trinajstić information content (AvgIpc) is 3.43. The maximum atomic E-state index is 13.6. The molecule has 10 heteroatoms. The Bertz CT molecular complexity index is 1140. The molecule has 2 aromatic heterocycles. The van der Waals surface area contributed by atoms with Crippen molar-refractivity contribution in [2.24, 2.45) is 0 Å². The topological polar surface area (TPSA) is 78.8 Å². The van der Waals surface area contributed by atoms with Crippen LogP contribution >= 0.6 is 23.1 Å². The third-order valence-electron chi connectivity index (χ3n) is 6.65. The molecule has 1 fully saturated rings. The van der Waals surface area contributed by atoms with E-state index in [9.17, 15) is 14.4 Å². The first-order valence-electron chi connectivity index (χ1n) is 12.4. The number of rotatable bonds is 3. The van der Waals surface area contributed by atoms with Crippen LogP contribution in [-0.4, -0.2) is 75.8 Å². The molecule has 0 radical (unpaired) electrons. The number of fused-ring (bicyclic) bond motifs is 1. The zero-order chi connectivity index (χ0) is 26.4. The van der Waals surface area contributed by atoms with Gasteiger partial charge >= 0.3 is 0 Å². The van der Waals surface area contributed by atoms with Gasteiger partial charge in [0.2, 0.25) is 17.7 Å². The Morgan fingerprint density at radius 1 is 1.06 bits per heavy atom. The summed E-state index contributed by atoms with van der Waals surface area (Å²) in [6.07, 6.45) is 0. The summed E-state index contributed by atoms with van der Waals surface area (Å²) in [5, 5.41) is 9.28. The minimum atomic E-state index is -0.392. The minimum absolute atomic E-state index is 0.0229. The van der Waals surface area contributed by atoms with Gasteiger partial charge in [-0.2, -0.15) is 16.4 Å². The molecule has 4 heterocycles. The molecular formula is C26H37N5O3S2. The second-order valence-electron chi connectivity index (χ2n) is 11.5. The van der Waals surface area contributed by atoms with Crippen LogP contribution in [0.25, 0.3) is 0 Å². The van der Waals surface area contributed by atoms with E-state index in [-0.39, 0.29) is 40.7 Å². The first kappa shape index (κ1) is 26.7. The summed E-state index contributed by atoms with van der Waals surface area (Å²) in [5.74, 6) is 0.856. The van der Waals surface area contributed by atoms with E-state index >= 15 is 0 Å². The molecule has 0 aliphatic carbocycles. The molecule has 0 N–H and O–H groups in total. The van der Waals surface area contributed by atoms with Gasteiger partial charge in [0.15, 0.2) is 0 Å². The van der Waals surface area contributed by atoms with Crippen LogP contribution in [-0.2, 0) is 25.3 Å². The normalized spacial score (nSPS) is 19.4. The molecule has 36 heavy (non-hydrogen) atoms. The van der Waals surface area contributed by atoms with Crippen LogP contribution < -0.4 is 4.90 Å². The lowest BCUT2D eigenvalue weighted by molar-refractivity contribution is -0.137. The predicted molar refractivity (Wildman–Crippen MR) is 146 cm³/mol. The highest BCUT2D eigenvalue weighted by Crippen LogP contribution is 2.49. The molecule has 0 aromatic carbocycles. The number of thiophene rings is 1. The van der Waals surface area contributed by atoms with Crippen molar-refractivity contribution in [3.05, 3.63) is 33.6 Å². The van der Waals surface area contributed by atoms with Crippen LogP contribution in [0.2, 0.25) is 0 Å². The number of hydrogen-bond donors (Lipinski definition) is 0. The van der Waals surface area contributed by atoms with Gasteiger partial charge in [-0.25, -0.2) is 4.68 Å². The van der Waals surface area contributed by atoms with Gasteiger partial charge in [0, 0.05) is 44.1 Å². The van der Waals surface area contributed by atoms with Gasteiger partial charge < -0.3 is 9.80 Å². The Kier molecular flexibility index (Phi) is 7.31. The van der Waals surface area contributed by atoms with E-state index in [1.54, 1.807) is 44.7 Å². The summed E-state index contributed by atoms with van der Waals surface area (Å²) >= 11 is 3.26. The molecule has 2 aromatic rings. The van der Waals surface area contributed by atoms with Crippen LogP contribution in [0, 0.1) is 0 Å². The quantitative estimate of drug-likeness (QED) is 0.601. The fourth-order valence-electron chi connectivity index (χ4n) is 4.73. The standard InChI is InChI=1S/C26H37N5O3S2/c1-17(32)28-9-11-29(12-10-28)19(33)14-30-20(34)16-36-22(18-8-13-35-15-18)21-23(25(2,3)4)27-31(24(21)30)26(5,6)7/h8,13,15,22H,9-12,14,16H2,1-7H3/t22-/m1/s1. The lowest BCUT2D eigenvalue weighted by atomic mass is 9.87. The minimum Gasteiger partial charge on any atom is -0.339 e. The fourth-order valence-corrected chi connectivity index (χ4v) is 6.69. The second-order valence-corrected chi connectivity index (χ2v) is 13.4. The SMILES string of the molecule is CC(=O)N1CCN(C(=O)CN2C(=O)CS[C@H](c3ccsc3)c3c(C(C)(C)C)nn(C(C)(C)C)c32)CC1. The summed E-state index contributed by atoms with van der Waals surface area (Å²) in [6.45, 7) is 16.2. The zero-order valence-electron chi connectivity index (χ0n) is 22.3. The zero-order valence-corrected chi connectivity index (χ0v) is 24.0. The number of nitrogens with zero attached hydrogens (tertiary/aromatic N) is 5. The van der Waals surface area contributed by atoms with Crippen LogP contribution in [0.4, 0.5) is 5.82 Å². The van der Waals surface area contributed by atoms with Crippen molar-refractivity contribution in [1.29, 1.82) is 0 Å². The van der Waals surface area contributed by atoms with E-state index in [1.807, 2.05) is 4.68 Å². The Labute approximate surface area is 222 Å². The van der Waals surface area contributed by atoms with Gasteiger partial charge in [-0.1, -0.05) is 20.8 Å². The third-order valence-corrected chi connectivity index (χ3v) is 8.61. The van der Waals surface area contributed by atoms with Gasteiger partial charge in [-0.15, -0.1) is 11.8 Å². The first-order chi connectivity index (χ1) is 16.8. The molecule has 4 rings (SSSR count). The Hall–Kier alpha value is -2.33. The molecule has 0 bridgehead atoms. The van der Waals surface area contributed by atoms with Crippen LogP contribution in [0.15, 0.2) is 16.8 Å². The lowest BCUT2D eigenvalue weighted by Crippen LogP contribution is -2.53. The van der Waals surface area contributed by atoms with Crippen molar-refractivity contribution in [2.75, 3.05) is 43.4 Å². The number of anilines is 1. The van der Waals surface area contributed by atoms with Crippen molar-refractivity contribution in [3.8, 4) is 0 Å². The molecule has 1 saturated heterocycles. The number of carbonyl (C=O) groups is 3. The second kappa shape index (κ2) is 9.85. The number of thioether (sulfide) groups is 1. The highest BCUT2D eigenvalue weighted by Gasteiger charge is 2.42. The van der Waals surface area contributed by atoms with Crippen molar-refractivity contribution in [1.82, 2.24) is 19.6 Å². The molecule has 0 spiro atoms. The lowest BCUT2D eigenvalue weighted by Gasteiger charge is -2.35. The molecule has 0 saturated carbocycles. The monoisotopic (exact) mass is 531 g/mol. The maximum absolute atomic E-state index is 13.6. The summed E-state index contributed by atoms with van der Waals surface area (Å²) in [5.41, 5.74) is 2.50. The molecule has 2 aliphatic heterocycles. The van der Waals surface area contributed by atoms with Gasteiger partial charge in [-0.05, 0) is 43.2 Å². The fraction of sp³-hybridized carbons (Fsp3) is 0.615. The van der Waals surface area contributed by atoms with Crippen molar-refractivity contribution >= 4 is 46.6 Å². The van der Waals surface area contributed by atoms with Gasteiger partial charge in [-0.3, -0.25) is 19.3 Å². The summed E-state index contributed by atoms with van der Waals surface area (Å²) in [6, 6.07) is 2.12. The third kappa shape index (κ3) is 5.20. The number of aromatic nitrogens is 2. The van der Waals surface area contributed by atoms with Crippen LogP contribution in [0.5, 0.6) is 0 Å². The average molecular weight is 532 g/mol. The summed E-state index contributed by atoms with van der Waals surface area (Å²) < 4.78 is 1.95. The molecule has 8 nitrogen and oxygen atoms in total. The molecule has 1 atom stereocenters. The highest BCUT2D eigenvalue weighted by molar-refractivity contribution is 8.00. The Morgan fingerprint density at radius 2 is 1.69 bits per heavy atom. The van der Waals surface area contributed by atoms with Gasteiger partial charge in [0.05, 0.1) is 22.2 Å². The van der Waals surface area contributed by atoms with Crippen molar-refractivity contribution < 1.29 is 14.4 Å². The summed E-state index contributed by atoms with van der Waals surface area (Å²) in [7, 11) is 0. The molecular weight excluding hydrogens is 494 g/mol. The Morgan fingerprint density at radius 3 is 2.22 bits per heavy atom. The van der Waals surface area contributed by atoms with Gasteiger partial charge in [0.25, 0.3) is 0 Å². The smallest absolute Gasteiger partial charge is 0.242 e. The first-order valence-corrected chi connectivity index (χ1v) is 14.4. The van der Waals surface area contributed by atoms with Crippen LogP contribution in [0.3, 0.4) is 0 Å². The number of piperazine rings is 1. The maximum Gasteiger partial charge on any atom is 0.242 e. The van der Waals surface area contributed by atoms with E-state index in [4.69, 9.17) is 5.10 Å². The van der Waals surface area contributed by atoms with Crippen LogP contribution in [0.1, 0.15) is 70.5 Å². The van der Waals surface area contributed by atoms with E-state index in [0.29, 0.717) is 26.2 Å². The molecule has 0 unspecified atom stereocenters. The van der Waals surface area contributed by atoms with Crippen molar-refractivity contribution in [2.45, 2.75) is 64.7 Å². The Balaban J connectivity index is 1.79. The molecule has 3 amide bonds. The molecule has 2 aliphatic rings. The molecule has 196 valence electrons. The largest absolute Gasteiger partial charge is 0.339 e. The number of hydrogen-bond acceptors (Lipinski definition) is 6. The highest BCUT2D eigenvalue weighted by atomic mass is 32.2. The van der Waals surface area contributed by atoms with E-state index in [0.717, 1.165) is 22.6 Å².